The van der Waals surface area contributed by atoms with Gasteiger partial charge in [-0.25, -0.2) is 4.98 Å². The van der Waals surface area contributed by atoms with Crippen LogP contribution in [0.25, 0.3) is 10.6 Å². The Balaban J connectivity index is 1.67. The highest BCUT2D eigenvalue weighted by Crippen LogP contribution is 2.27. The number of thiophene rings is 1. The lowest BCUT2D eigenvalue weighted by molar-refractivity contribution is 0.0947. The van der Waals surface area contributed by atoms with Crippen LogP contribution in [0, 0.1) is 0 Å². The second-order valence-electron chi connectivity index (χ2n) is 5.03. The van der Waals surface area contributed by atoms with Gasteiger partial charge in [0.1, 0.15) is 0 Å². The Hall–Kier alpha value is -2.40. The molecule has 4 nitrogen and oxygen atoms in total. The molecule has 22 heavy (non-hydrogen) atoms. The third-order valence-electron chi connectivity index (χ3n) is 3.46. The zero-order valence-electron chi connectivity index (χ0n) is 12.2. The van der Waals surface area contributed by atoms with E-state index >= 15 is 0 Å². The van der Waals surface area contributed by atoms with E-state index < -0.39 is 0 Å². The third kappa shape index (κ3) is 3.09. The molecule has 2 aromatic heterocycles. The standard InChI is InChI=1S/C17H16N2O2S/c1-12(13-6-3-2-4-7-13)10-18-17(20)15-16(21-11-19-15)14-8-5-9-22-14/h2-9,11-12H,10H2,1H3,(H,18,20). The maximum absolute atomic E-state index is 12.3. The van der Waals surface area contributed by atoms with E-state index in [1.807, 2.05) is 35.7 Å². The van der Waals surface area contributed by atoms with E-state index in [9.17, 15) is 4.79 Å². The fourth-order valence-corrected chi connectivity index (χ4v) is 2.93. The minimum Gasteiger partial charge on any atom is -0.442 e. The van der Waals surface area contributed by atoms with Gasteiger partial charge in [0.15, 0.2) is 17.8 Å². The summed E-state index contributed by atoms with van der Waals surface area (Å²) in [6, 6.07) is 13.9. The van der Waals surface area contributed by atoms with E-state index in [2.05, 4.69) is 29.4 Å². The fraction of sp³-hybridized carbons (Fsp3) is 0.176. The summed E-state index contributed by atoms with van der Waals surface area (Å²) >= 11 is 1.52. The molecule has 112 valence electrons. The molecule has 0 fully saturated rings. The predicted molar refractivity (Wildman–Crippen MR) is 87.0 cm³/mol. The van der Waals surface area contributed by atoms with Gasteiger partial charge in [-0.2, -0.15) is 0 Å². The largest absolute Gasteiger partial charge is 0.442 e. The minimum absolute atomic E-state index is 0.208. The lowest BCUT2D eigenvalue weighted by atomic mass is 10.0. The van der Waals surface area contributed by atoms with Crippen LogP contribution in [0.1, 0.15) is 28.9 Å². The van der Waals surface area contributed by atoms with Gasteiger partial charge in [-0.05, 0) is 22.9 Å². The van der Waals surface area contributed by atoms with Crippen molar-refractivity contribution < 1.29 is 9.21 Å². The SMILES string of the molecule is CC(CNC(=O)c1ncoc1-c1cccs1)c1ccccc1. The van der Waals surface area contributed by atoms with Crippen LogP contribution < -0.4 is 5.32 Å². The van der Waals surface area contributed by atoms with Crippen molar-refractivity contribution in [2.45, 2.75) is 12.8 Å². The van der Waals surface area contributed by atoms with E-state index in [0.717, 1.165) is 4.88 Å². The number of oxazole rings is 1. The number of aromatic nitrogens is 1. The summed E-state index contributed by atoms with van der Waals surface area (Å²) in [6.07, 6.45) is 1.31. The molecule has 1 aromatic carbocycles. The first-order valence-corrected chi connectivity index (χ1v) is 7.94. The van der Waals surface area contributed by atoms with Gasteiger partial charge in [-0.3, -0.25) is 4.79 Å². The number of carbonyl (C=O) groups is 1. The number of carbonyl (C=O) groups excluding carboxylic acids is 1. The molecule has 0 saturated heterocycles. The summed E-state index contributed by atoms with van der Waals surface area (Å²) in [5.74, 6) is 0.557. The topological polar surface area (TPSA) is 55.1 Å². The van der Waals surface area contributed by atoms with E-state index in [4.69, 9.17) is 4.42 Å². The summed E-state index contributed by atoms with van der Waals surface area (Å²) in [4.78, 5) is 17.3. The quantitative estimate of drug-likeness (QED) is 0.776. The van der Waals surface area contributed by atoms with Crippen molar-refractivity contribution in [2.75, 3.05) is 6.54 Å². The van der Waals surface area contributed by atoms with Gasteiger partial charge in [0.05, 0.1) is 4.88 Å². The highest BCUT2D eigenvalue weighted by molar-refractivity contribution is 7.13. The summed E-state index contributed by atoms with van der Waals surface area (Å²) in [6.45, 7) is 2.64. The van der Waals surface area contributed by atoms with E-state index in [-0.39, 0.29) is 11.8 Å². The molecule has 0 bridgehead atoms. The van der Waals surface area contributed by atoms with Gasteiger partial charge in [0.2, 0.25) is 0 Å². The molecule has 2 heterocycles. The van der Waals surface area contributed by atoms with Crippen LogP contribution in [0.4, 0.5) is 0 Å². The molecule has 0 radical (unpaired) electrons. The molecule has 5 heteroatoms. The second kappa shape index (κ2) is 6.58. The monoisotopic (exact) mass is 312 g/mol. The average molecular weight is 312 g/mol. The molecule has 0 spiro atoms. The maximum atomic E-state index is 12.3. The number of hydrogen-bond donors (Lipinski definition) is 1. The summed E-state index contributed by atoms with van der Waals surface area (Å²) in [5, 5.41) is 4.87. The zero-order chi connectivity index (χ0) is 15.4. The van der Waals surface area contributed by atoms with Crippen molar-refractivity contribution in [3.63, 3.8) is 0 Å². The molecule has 1 atom stereocenters. The van der Waals surface area contributed by atoms with E-state index in [1.54, 1.807) is 0 Å². The maximum Gasteiger partial charge on any atom is 0.273 e. The van der Waals surface area contributed by atoms with Crippen molar-refractivity contribution in [3.05, 3.63) is 65.5 Å². The van der Waals surface area contributed by atoms with Crippen LogP contribution in [0.3, 0.4) is 0 Å². The van der Waals surface area contributed by atoms with Crippen LogP contribution in [0.15, 0.2) is 58.7 Å². The van der Waals surface area contributed by atoms with E-state index in [0.29, 0.717) is 18.0 Å². The van der Waals surface area contributed by atoms with Crippen LogP contribution in [0.5, 0.6) is 0 Å². The Morgan fingerprint density at radius 2 is 2.09 bits per heavy atom. The van der Waals surface area contributed by atoms with Crippen LogP contribution >= 0.6 is 11.3 Å². The van der Waals surface area contributed by atoms with Crippen LogP contribution in [0.2, 0.25) is 0 Å². The third-order valence-corrected chi connectivity index (χ3v) is 4.33. The van der Waals surface area contributed by atoms with Gasteiger partial charge >= 0.3 is 0 Å². The fourth-order valence-electron chi connectivity index (χ4n) is 2.22. The van der Waals surface area contributed by atoms with Gasteiger partial charge in [-0.15, -0.1) is 11.3 Å². The number of rotatable bonds is 5. The molecule has 3 rings (SSSR count). The molecular formula is C17H16N2O2S. The smallest absolute Gasteiger partial charge is 0.273 e. The first kappa shape index (κ1) is 14.5. The molecule has 0 aliphatic heterocycles. The Morgan fingerprint density at radius 1 is 1.27 bits per heavy atom. The Bertz CT molecular complexity index is 735. The first-order valence-electron chi connectivity index (χ1n) is 7.06. The molecule has 0 aliphatic rings. The minimum atomic E-state index is -0.208. The summed E-state index contributed by atoms with van der Waals surface area (Å²) < 4.78 is 5.36. The average Bonchev–Trinajstić information content (AvgIpc) is 3.23. The summed E-state index contributed by atoms with van der Waals surface area (Å²) in [7, 11) is 0. The molecule has 1 unspecified atom stereocenters. The normalized spacial score (nSPS) is 12.0. The molecule has 0 saturated carbocycles. The Labute approximate surface area is 132 Å². The van der Waals surface area contributed by atoms with Gasteiger partial charge in [-0.1, -0.05) is 43.3 Å². The predicted octanol–water partition coefficient (Wildman–Crippen LogP) is 3.94. The highest BCUT2D eigenvalue weighted by Gasteiger charge is 2.19. The van der Waals surface area contributed by atoms with Crippen LogP contribution in [-0.2, 0) is 0 Å². The molecule has 0 aliphatic carbocycles. The van der Waals surface area contributed by atoms with Gasteiger partial charge in [0, 0.05) is 6.54 Å². The number of benzene rings is 1. The van der Waals surface area contributed by atoms with Crippen LogP contribution in [-0.4, -0.2) is 17.4 Å². The van der Waals surface area contributed by atoms with Crippen molar-refractivity contribution in [3.8, 4) is 10.6 Å². The number of hydrogen-bond acceptors (Lipinski definition) is 4. The Kier molecular flexibility index (Phi) is 4.34. The zero-order valence-corrected chi connectivity index (χ0v) is 13.0. The number of nitrogens with one attached hydrogen (secondary N) is 1. The molecule has 3 aromatic rings. The Morgan fingerprint density at radius 3 is 2.82 bits per heavy atom. The second-order valence-corrected chi connectivity index (χ2v) is 5.98. The van der Waals surface area contributed by atoms with Crippen molar-refractivity contribution >= 4 is 17.2 Å². The number of nitrogens with zero attached hydrogens (tertiary/aromatic N) is 1. The first-order chi connectivity index (χ1) is 10.8. The lowest BCUT2D eigenvalue weighted by Crippen LogP contribution is -2.28. The molecule has 1 amide bonds. The van der Waals surface area contributed by atoms with Crippen molar-refractivity contribution in [1.29, 1.82) is 0 Å². The molecule has 1 N–H and O–H groups in total. The highest BCUT2D eigenvalue weighted by atomic mass is 32.1. The van der Waals surface area contributed by atoms with Gasteiger partial charge in [0.25, 0.3) is 5.91 Å². The lowest BCUT2D eigenvalue weighted by Gasteiger charge is -2.12. The molecular weight excluding hydrogens is 296 g/mol. The van der Waals surface area contributed by atoms with Gasteiger partial charge < -0.3 is 9.73 Å². The summed E-state index contributed by atoms with van der Waals surface area (Å²) in [5.41, 5.74) is 1.53. The van der Waals surface area contributed by atoms with Crippen molar-refractivity contribution in [1.82, 2.24) is 10.3 Å². The van der Waals surface area contributed by atoms with Crippen molar-refractivity contribution in [2.24, 2.45) is 0 Å². The number of amides is 1. The van der Waals surface area contributed by atoms with E-state index in [1.165, 1.54) is 23.3 Å².